The van der Waals surface area contributed by atoms with E-state index in [9.17, 15) is 14.4 Å². The summed E-state index contributed by atoms with van der Waals surface area (Å²) in [5.41, 5.74) is 1.92. The molecule has 0 unspecified atom stereocenters. The number of ether oxygens (including phenoxy) is 2. The van der Waals surface area contributed by atoms with Crippen LogP contribution in [-0.2, 0) is 27.4 Å². The third-order valence-corrected chi connectivity index (χ3v) is 8.37. The molecule has 3 aliphatic rings. The highest BCUT2D eigenvalue weighted by Gasteiger charge is 2.66. The summed E-state index contributed by atoms with van der Waals surface area (Å²) >= 11 is 0. The largest absolute Gasteiger partial charge is 0.493 e. The minimum atomic E-state index is -0.421. The van der Waals surface area contributed by atoms with Gasteiger partial charge in [-0.25, -0.2) is 0 Å². The van der Waals surface area contributed by atoms with Gasteiger partial charge in [-0.2, -0.15) is 5.10 Å². The lowest BCUT2D eigenvalue weighted by molar-refractivity contribution is -0.139. The number of amides is 1. The van der Waals surface area contributed by atoms with Crippen molar-refractivity contribution in [3.63, 3.8) is 0 Å². The van der Waals surface area contributed by atoms with Crippen LogP contribution in [0.25, 0.3) is 10.9 Å². The predicted molar refractivity (Wildman–Crippen MR) is 148 cm³/mol. The van der Waals surface area contributed by atoms with Crippen LogP contribution >= 0.6 is 0 Å². The number of carbonyl (C=O) groups excluding carboxylic acids is 3. The Hall–Kier alpha value is -2.78. The average Bonchev–Trinajstić information content (AvgIpc) is 3.31. The molecule has 1 N–H and O–H groups in total. The summed E-state index contributed by atoms with van der Waals surface area (Å²) in [6.07, 6.45) is 5.01. The maximum Gasteiger partial charge on any atom is 0.245 e. The number of carbonyl (C=O) groups is 3. The van der Waals surface area contributed by atoms with Crippen LogP contribution in [0.3, 0.4) is 0 Å². The Morgan fingerprint density at radius 3 is 2.79 bits per heavy atom. The molecule has 5 rings (SSSR count). The normalized spacial score (nSPS) is 26.0. The van der Waals surface area contributed by atoms with Crippen LogP contribution in [0.2, 0.25) is 0 Å². The Morgan fingerprint density at radius 1 is 1.23 bits per heavy atom. The molecule has 9 heteroatoms. The Kier molecular flexibility index (Phi) is 8.10. The van der Waals surface area contributed by atoms with E-state index in [1.807, 2.05) is 24.0 Å². The maximum absolute atomic E-state index is 13.9. The van der Waals surface area contributed by atoms with Crippen molar-refractivity contribution in [2.45, 2.75) is 91.4 Å². The second-order valence-electron chi connectivity index (χ2n) is 12.0. The van der Waals surface area contributed by atoms with Crippen LogP contribution in [0.15, 0.2) is 12.1 Å². The molecule has 2 aromatic rings. The number of piperidine rings is 1. The van der Waals surface area contributed by atoms with E-state index in [1.165, 1.54) is 6.92 Å². The van der Waals surface area contributed by atoms with Crippen LogP contribution in [0.1, 0.15) is 82.3 Å². The summed E-state index contributed by atoms with van der Waals surface area (Å²) in [5, 5.41) is 8.89. The number of Topliss-reactive ketones (excluding diaryl/α,β-unsaturated/α-hetero) is 2. The maximum atomic E-state index is 13.9. The van der Waals surface area contributed by atoms with Gasteiger partial charge in [-0.05, 0) is 62.3 Å². The summed E-state index contributed by atoms with van der Waals surface area (Å²) in [4.78, 5) is 41.3. The molecular formula is C30H42N4O5. The number of hydrogen-bond acceptors (Lipinski definition) is 7. The first-order valence-electron chi connectivity index (χ1n) is 14.5. The summed E-state index contributed by atoms with van der Waals surface area (Å²) in [5.74, 6) is 0.854. The topological polar surface area (TPSA) is 103 Å². The molecule has 0 radical (unpaired) electrons. The molecule has 1 aromatic heterocycles. The number of benzene rings is 1. The molecule has 3 heterocycles. The molecule has 0 spiro atoms. The fourth-order valence-electron chi connectivity index (χ4n) is 6.28. The zero-order valence-electron chi connectivity index (χ0n) is 23.8. The van der Waals surface area contributed by atoms with Crippen LogP contribution in [-0.4, -0.2) is 70.6 Å². The third-order valence-electron chi connectivity index (χ3n) is 8.37. The monoisotopic (exact) mass is 538 g/mol. The average molecular weight is 539 g/mol. The van der Waals surface area contributed by atoms with Crippen molar-refractivity contribution in [3.05, 3.63) is 23.4 Å². The van der Waals surface area contributed by atoms with Gasteiger partial charge < -0.3 is 19.7 Å². The molecule has 212 valence electrons. The first-order chi connectivity index (χ1) is 18.7. The molecule has 2 fully saturated rings. The summed E-state index contributed by atoms with van der Waals surface area (Å²) in [7, 11) is 0. The Morgan fingerprint density at radius 2 is 2.05 bits per heavy atom. The van der Waals surface area contributed by atoms with E-state index in [0.717, 1.165) is 43.3 Å². The van der Waals surface area contributed by atoms with Gasteiger partial charge in [0.25, 0.3) is 0 Å². The van der Waals surface area contributed by atoms with Gasteiger partial charge in [0.15, 0.2) is 11.6 Å². The molecule has 1 saturated carbocycles. The van der Waals surface area contributed by atoms with E-state index in [2.05, 4.69) is 24.3 Å². The van der Waals surface area contributed by atoms with Gasteiger partial charge in [0.2, 0.25) is 5.91 Å². The lowest BCUT2D eigenvalue weighted by Gasteiger charge is -2.26. The van der Waals surface area contributed by atoms with Crippen molar-refractivity contribution in [1.82, 2.24) is 20.0 Å². The summed E-state index contributed by atoms with van der Waals surface area (Å²) in [6, 6.07) is 3.47. The predicted octanol–water partition coefficient (Wildman–Crippen LogP) is 3.90. The van der Waals surface area contributed by atoms with Crippen LogP contribution in [0.4, 0.5) is 0 Å². The first-order valence-corrected chi connectivity index (χ1v) is 14.5. The van der Waals surface area contributed by atoms with Crippen molar-refractivity contribution < 1.29 is 23.9 Å². The molecule has 1 aliphatic carbocycles. The van der Waals surface area contributed by atoms with Crippen LogP contribution < -0.4 is 10.1 Å². The molecule has 1 aromatic carbocycles. The molecule has 9 nitrogen and oxygen atoms in total. The zero-order valence-corrected chi connectivity index (χ0v) is 23.8. The van der Waals surface area contributed by atoms with E-state index >= 15 is 0 Å². The highest BCUT2D eigenvalue weighted by atomic mass is 16.5. The third kappa shape index (κ3) is 5.61. The number of nitrogens with one attached hydrogen (secondary N) is 1. The van der Waals surface area contributed by atoms with Crippen molar-refractivity contribution in [3.8, 4) is 5.75 Å². The molecular weight excluding hydrogens is 496 g/mol. The fraction of sp³-hybridized carbons (Fsp3) is 0.667. The zero-order chi connectivity index (χ0) is 27.7. The van der Waals surface area contributed by atoms with Gasteiger partial charge >= 0.3 is 0 Å². The van der Waals surface area contributed by atoms with Crippen molar-refractivity contribution in [2.24, 2.45) is 11.3 Å². The molecule has 2 aliphatic heterocycles. The number of hydrogen-bond donors (Lipinski definition) is 1. The number of ketones is 2. The van der Waals surface area contributed by atoms with E-state index < -0.39 is 6.04 Å². The van der Waals surface area contributed by atoms with E-state index in [0.29, 0.717) is 62.0 Å². The molecule has 1 saturated heterocycles. The minimum absolute atomic E-state index is 0.0208. The van der Waals surface area contributed by atoms with E-state index in [4.69, 9.17) is 9.47 Å². The Balaban J connectivity index is 1.55. The smallest absolute Gasteiger partial charge is 0.245 e. The van der Waals surface area contributed by atoms with Crippen LogP contribution in [0.5, 0.6) is 5.75 Å². The quantitative estimate of drug-likeness (QED) is 0.557. The number of aromatic nitrogens is 2. The Labute approximate surface area is 230 Å². The second kappa shape index (κ2) is 11.4. The van der Waals surface area contributed by atoms with Crippen molar-refractivity contribution in [1.29, 1.82) is 0 Å². The standard InChI is InChI=1S/C30H42N4O5/c1-5-25(36)24-13-30-14-26(30)34(24)27(37)16-33-29-21(15-31-9-7-6-8-10-38-18-30)11-22(39-17-19(2)3)12-23(29)28(32-33)20(4)35/h11-12,19,24,26,31H,5-10,13-18H2,1-4H3/t24-,26+,30-/m0/s1. The SMILES string of the molecule is CCC(=O)[C@@H]1C[C@]23COCCCCCNCc4cc(OCC(C)C)cc5c(C(C)=O)nn(c45)CC(=O)N1[C@@H]2C3. The first kappa shape index (κ1) is 27.8. The molecule has 1 amide bonds. The molecule has 2 bridgehead atoms. The van der Waals surface area contributed by atoms with Gasteiger partial charge in [-0.3, -0.25) is 19.1 Å². The number of nitrogens with zero attached hydrogens (tertiary/aromatic N) is 3. The fourth-order valence-corrected chi connectivity index (χ4v) is 6.28. The molecule has 3 atom stereocenters. The van der Waals surface area contributed by atoms with Crippen LogP contribution in [0, 0.1) is 11.3 Å². The lowest BCUT2D eigenvalue weighted by Crippen LogP contribution is -2.44. The minimum Gasteiger partial charge on any atom is -0.493 e. The number of rotatable bonds is 6. The van der Waals surface area contributed by atoms with Gasteiger partial charge in [0.05, 0.1) is 24.8 Å². The molecule has 39 heavy (non-hydrogen) atoms. The highest BCUT2D eigenvalue weighted by molar-refractivity contribution is 6.06. The van der Waals surface area contributed by atoms with E-state index in [-0.39, 0.29) is 35.5 Å². The second-order valence-corrected chi connectivity index (χ2v) is 12.0. The summed E-state index contributed by atoms with van der Waals surface area (Å²) in [6.45, 7) is 10.8. The Bertz CT molecular complexity index is 1250. The van der Waals surface area contributed by atoms with Crippen molar-refractivity contribution >= 4 is 28.4 Å². The van der Waals surface area contributed by atoms with Crippen molar-refractivity contribution in [2.75, 3.05) is 26.4 Å². The van der Waals surface area contributed by atoms with Gasteiger partial charge in [0.1, 0.15) is 18.0 Å². The lowest BCUT2D eigenvalue weighted by atomic mass is 9.97. The van der Waals surface area contributed by atoms with Gasteiger partial charge in [0, 0.05) is 43.3 Å². The van der Waals surface area contributed by atoms with E-state index in [1.54, 1.807) is 4.68 Å². The van der Waals surface area contributed by atoms with Gasteiger partial charge in [-0.1, -0.05) is 20.8 Å². The van der Waals surface area contributed by atoms with Gasteiger partial charge in [-0.15, -0.1) is 0 Å². The highest BCUT2D eigenvalue weighted by Crippen LogP contribution is 2.60. The summed E-state index contributed by atoms with van der Waals surface area (Å²) < 4.78 is 13.8.